The maximum Gasteiger partial charge on any atom is 0.0924 e. The van der Waals surface area contributed by atoms with Crippen LogP contribution in [0.1, 0.15) is 31.4 Å². The normalized spacial score (nSPS) is 22.5. The molecule has 1 fully saturated rings. The first-order valence-electron chi connectivity index (χ1n) is 6.28. The van der Waals surface area contributed by atoms with Crippen molar-refractivity contribution >= 4 is 5.84 Å². The molecule has 0 aliphatic carbocycles. The van der Waals surface area contributed by atoms with Crippen LogP contribution in [0.5, 0.6) is 0 Å². The predicted octanol–water partition coefficient (Wildman–Crippen LogP) is 2.40. The highest BCUT2D eigenvalue weighted by Gasteiger charge is 2.27. The number of likely N-dealkylation sites (tertiary alicyclic amines) is 1. The zero-order chi connectivity index (χ0) is 12.3. The standard InChI is InChI=1S/C14H21N3/c1-11-7-8-17(10-11)13(9-14(15)16)12-5-3-2-4-6-12/h2-6,11,13H,7-10H2,1H3,(H3,15,16). The van der Waals surface area contributed by atoms with Gasteiger partial charge in [0.1, 0.15) is 0 Å². The lowest BCUT2D eigenvalue weighted by Crippen LogP contribution is -2.30. The van der Waals surface area contributed by atoms with Crippen LogP contribution < -0.4 is 5.73 Å². The molecule has 1 saturated heterocycles. The summed E-state index contributed by atoms with van der Waals surface area (Å²) in [4.78, 5) is 2.46. The minimum Gasteiger partial charge on any atom is -0.388 e. The van der Waals surface area contributed by atoms with Crippen molar-refractivity contribution in [2.45, 2.75) is 25.8 Å². The Labute approximate surface area is 103 Å². The Morgan fingerprint density at radius 1 is 1.47 bits per heavy atom. The van der Waals surface area contributed by atoms with Crippen LogP contribution in [0.4, 0.5) is 0 Å². The predicted molar refractivity (Wildman–Crippen MR) is 71.1 cm³/mol. The first-order chi connectivity index (χ1) is 8.16. The van der Waals surface area contributed by atoms with Gasteiger partial charge in [0.2, 0.25) is 0 Å². The molecule has 3 heteroatoms. The topological polar surface area (TPSA) is 53.1 Å². The molecule has 0 bridgehead atoms. The van der Waals surface area contributed by atoms with E-state index in [1.165, 1.54) is 12.0 Å². The van der Waals surface area contributed by atoms with E-state index in [9.17, 15) is 0 Å². The summed E-state index contributed by atoms with van der Waals surface area (Å²) in [5.41, 5.74) is 6.86. The largest absolute Gasteiger partial charge is 0.388 e. The van der Waals surface area contributed by atoms with Crippen LogP contribution in [0.15, 0.2) is 30.3 Å². The molecule has 1 aliphatic heterocycles. The van der Waals surface area contributed by atoms with Crippen molar-refractivity contribution in [2.75, 3.05) is 13.1 Å². The van der Waals surface area contributed by atoms with Gasteiger partial charge in [-0.15, -0.1) is 0 Å². The molecule has 2 atom stereocenters. The van der Waals surface area contributed by atoms with E-state index in [2.05, 4.69) is 36.1 Å². The molecule has 1 aliphatic rings. The third kappa shape index (κ3) is 3.07. The van der Waals surface area contributed by atoms with Crippen molar-refractivity contribution in [3.8, 4) is 0 Å². The highest BCUT2D eigenvalue weighted by atomic mass is 15.2. The average molecular weight is 231 g/mol. The van der Waals surface area contributed by atoms with Crippen molar-refractivity contribution in [1.29, 1.82) is 5.41 Å². The van der Waals surface area contributed by atoms with E-state index in [-0.39, 0.29) is 11.9 Å². The molecule has 92 valence electrons. The van der Waals surface area contributed by atoms with Crippen LogP contribution in [0.3, 0.4) is 0 Å². The number of amidine groups is 1. The smallest absolute Gasteiger partial charge is 0.0924 e. The van der Waals surface area contributed by atoms with E-state index in [0.29, 0.717) is 6.42 Å². The Morgan fingerprint density at radius 2 is 2.18 bits per heavy atom. The molecule has 1 aromatic rings. The van der Waals surface area contributed by atoms with E-state index in [0.717, 1.165) is 19.0 Å². The Morgan fingerprint density at radius 3 is 2.71 bits per heavy atom. The van der Waals surface area contributed by atoms with Gasteiger partial charge in [0, 0.05) is 19.0 Å². The summed E-state index contributed by atoms with van der Waals surface area (Å²) < 4.78 is 0. The highest BCUT2D eigenvalue weighted by Crippen LogP contribution is 2.29. The molecule has 0 amide bonds. The fraction of sp³-hybridized carbons (Fsp3) is 0.500. The van der Waals surface area contributed by atoms with E-state index in [1.807, 2.05) is 6.07 Å². The van der Waals surface area contributed by atoms with Crippen LogP contribution in [0, 0.1) is 11.3 Å². The molecule has 3 N–H and O–H groups in total. The summed E-state index contributed by atoms with van der Waals surface area (Å²) in [6, 6.07) is 10.7. The van der Waals surface area contributed by atoms with Gasteiger partial charge in [0.25, 0.3) is 0 Å². The number of benzene rings is 1. The van der Waals surface area contributed by atoms with Gasteiger partial charge in [-0.25, -0.2) is 0 Å². The van der Waals surface area contributed by atoms with Gasteiger partial charge in [0.05, 0.1) is 5.84 Å². The van der Waals surface area contributed by atoms with Gasteiger partial charge >= 0.3 is 0 Å². The zero-order valence-electron chi connectivity index (χ0n) is 10.4. The summed E-state index contributed by atoms with van der Waals surface area (Å²) in [7, 11) is 0. The van der Waals surface area contributed by atoms with Gasteiger partial charge in [0.15, 0.2) is 0 Å². The number of nitrogens with one attached hydrogen (secondary N) is 1. The van der Waals surface area contributed by atoms with E-state index in [1.54, 1.807) is 0 Å². The van der Waals surface area contributed by atoms with Gasteiger partial charge in [-0.2, -0.15) is 0 Å². The maximum absolute atomic E-state index is 7.54. The number of hydrogen-bond acceptors (Lipinski definition) is 2. The van der Waals surface area contributed by atoms with Gasteiger partial charge < -0.3 is 5.73 Å². The molecule has 0 saturated carbocycles. The lowest BCUT2D eigenvalue weighted by molar-refractivity contribution is 0.243. The van der Waals surface area contributed by atoms with Crippen LogP contribution in [0.2, 0.25) is 0 Å². The minimum atomic E-state index is 0.276. The SMILES string of the molecule is CC1CCN(C(CC(=N)N)c2ccccc2)C1. The molecule has 0 spiro atoms. The van der Waals surface area contributed by atoms with E-state index in [4.69, 9.17) is 11.1 Å². The van der Waals surface area contributed by atoms with Crippen molar-refractivity contribution in [3.05, 3.63) is 35.9 Å². The average Bonchev–Trinajstić information content (AvgIpc) is 2.73. The van der Waals surface area contributed by atoms with Crippen LogP contribution >= 0.6 is 0 Å². The number of nitrogens with zero attached hydrogens (tertiary/aromatic N) is 1. The first kappa shape index (κ1) is 12.1. The third-order valence-corrected chi connectivity index (χ3v) is 3.49. The molecule has 17 heavy (non-hydrogen) atoms. The molecule has 0 aromatic heterocycles. The Bertz CT molecular complexity index is 374. The van der Waals surface area contributed by atoms with Gasteiger partial charge in [-0.3, -0.25) is 10.3 Å². The summed E-state index contributed by atoms with van der Waals surface area (Å²) in [6.07, 6.45) is 1.89. The summed E-state index contributed by atoms with van der Waals surface area (Å²) >= 11 is 0. The zero-order valence-corrected chi connectivity index (χ0v) is 10.4. The summed E-state index contributed by atoms with van der Waals surface area (Å²) in [5.74, 6) is 1.03. The number of rotatable bonds is 4. The molecule has 2 unspecified atom stereocenters. The number of hydrogen-bond donors (Lipinski definition) is 2. The van der Waals surface area contributed by atoms with Crippen molar-refractivity contribution < 1.29 is 0 Å². The maximum atomic E-state index is 7.54. The fourth-order valence-electron chi connectivity index (χ4n) is 2.59. The summed E-state index contributed by atoms with van der Waals surface area (Å²) in [6.45, 7) is 4.52. The monoisotopic (exact) mass is 231 g/mol. The first-order valence-corrected chi connectivity index (χ1v) is 6.28. The molecular weight excluding hydrogens is 210 g/mol. The molecular formula is C14H21N3. The van der Waals surface area contributed by atoms with Crippen molar-refractivity contribution in [1.82, 2.24) is 4.90 Å². The third-order valence-electron chi connectivity index (χ3n) is 3.49. The Kier molecular flexibility index (Phi) is 3.79. The Balaban J connectivity index is 2.16. The second-order valence-corrected chi connectivity index (χ2v) is 5.04. The minimum absolute atomic E-state index is 0.276. The van der Waals surface area contributed by atoms with E-state index < -0.39 is 0 Å². The van der Waals surface area contributed by atoms with Crippen molar-refractivity contribution in [3.63, 3.8) is 0 Å². The lowest BCUT2D eigenvalue weighted by Gasteiger charge is -2.27. The Hall–Kier alpha value is -1.35. The van der Waals surface area contributed by atoms with E-state index >= 15 is 0 Å². The van der Waals surface area contributed by atoms with Crippen LogP contribution in [0.25, 0.3) is 0 Å². The quantitative estimate of drug-likeness (QED) is 0.617. The lowest BCUT2D eigenvalue weighted by atomic mass is 10.0. The van der Waals surface area contributed by atoms with Crippen LogP contribution in [-0.4, -0.2) is 23.8 Å². The highest BCUT2D eigenvalue weighted by molar-refractivity contribution is 5.77. The van der Waals surface area contributed by atoms with Crippen LogP contribution in [-0.2, 0) is 0 Å². The molecule has 3 nitrogen and oxygen atoms in total. The summed E-state index contributed by atoms with van der Waals surface area (Å²) in [5, 5.41) is 7.54. The second-order valence-electron chi connectivity index (χ2n) is 5.04. The van der Waals surface area contributed by atoms with Crippen molar-refractivity contribution in [2.24, 2.45) is 11.7 Å². The van der Waals surface area contributed by atoms with Gasteiger partial charge in [-0.1, -0.05) is 37.3 Å². The molecule has 1 aromatic carbocycles. The second kappa shape index (κ2) is 5.32. The molecule has 0 radical (unpaired) electrons. The number of nitrogens with two attached hydrogens (primary N) is 1. The van der Waals surface area contributed by atoms with Gasteiger partial charge in [-0.05, 0) is 24.4 Å². The molecule has 1 heterocycles. The fourth-order valence-corrected chi connectivity index (χ4v) is 2.59. The molecule has 2 rings (SSSR count).